The van der Waals surface area contributed by atoms with Crippen molar-refractivity contribution >= 4 is 15.9 Å². The lowest BCUT2D eigenvalue weighted by Crippen LogP contribution is -2.27. The van der Waals surface area contributed by atoms with E-state index in [1.807, 2.05) is 6.92 Å². The predicted molar refractivity (Wildman–Crippen MR) is 57.1 cm³/mol. The van der Waals surface area contributed by atoms with E-state index in [0.717, 1.165) is 11.8 Å². The van der Waals surface area contributed by atoms with Crippen LogP contribution in [0, 0.1) is 6.92 Å². The Morgan fingerprint density at radius 2 is 2.21 bits per heavy atom. The molecule has 0 saturated carbocycles. The van der Waals surface area contributed by atoms with Crippen LogP contribution < -0.4 is 11.4 Å². The first-order chi connectivity index (χ1) is 6.56. The highest BCUT2D eigenvalue weighted by Crippen LogP contribution is 2.08. The number of nitrogens with zero attached hydrogens (tertiary/aromatic N) is 1. The minimum atomic E-state index is -0.589. The van der Waals surface area contributed by atoms with Crippen molar-refractivity contribution in [2.75, 3.05) is 5.33 Å². The van der Waals surface area contributed by atoms with Gasteiger partial charge in [-0.15, -0.1) is 0 Å². The number of hydrogen-bond donors (Lipinski definition) is 0. The minimum absolute atomic E-state index is 0.0323. The largest absolute Gasteiger partial charge is 0.422 e. The molecule has 0 saturated heterocycles. The summed E-state index contributed by atoms with van der Waals surface area (Å²) in [5, 5.41) is 0.804. The first-order valence-corrected chi connectivity index (χ1v) is 5.47. The number of alkyl halides is 1. The van der Waals surface area contributed by atoms with Crippen LogP contribution in [0.3, 0.4) is 0 Å². The van der Waals surface area contributed by atoms with Gasteiger partial charge in [-0.05, 0) is 20.3 Å². The van der Waals surface area contributed by atoms with Crippen LogP contribution in [0.5, 0.6) is 0 Å². The summed E-state index contributed by atoms with van der Waals surface area (Å²) in [6, 6.07) is 0.0323. The Balaban J connectivity index is 3.16. The van der Waals surface area contributed by atoms with Crippen LogP contribution in [0.15, 0.2) is 20.2 Å². The summed E-state index contributed by atoms with van der Waals surface area (Å²) in [7, 11) is 0. The molecule has 0 aliphatic rings. The van der Waals surface area contributed by atoms with Gasteiger partial charge in [0.1, 0.15) is 0 Å². The zero-order chi connectivity index (χ0) is 10.7. The van der Waals surface area contributed by atoms with Gasteiger partial charge in [0.25, 0.3) is 0 Å². The first-order valence-electron chi connectivity index (χ1n) is 4.35. The molecule has 1 heterocycles. The fourth-order valence-corrected chi connectivity index (χ4v) is 1.79. The lowest BCUT2D eigenvalue weighted by molar-refractivity contribution is 0.366. The highest BCUT2D eigenvalue weighted by atomic mass is 79.9. The van der Waals surface area contributed by atoms with Crippen molar-refractivity contribution in [3.63, 3.8) is 0 Å². The fourth-order valence-electron chi connectivity index (χ4n) is 1.13. The summed E-state index contributed by atoms with van der Waals surface area (Å²) in [4.78, 5) is 22.3. The predicted octanol–water partition coefficient (Wildman–Crippen LogP) is 1.46. The molecule has 0 aliphatic heterocycles. The van der Waals surface area contributed by atoms with Crippen molar-refractivity contribution < 1.29 is 4.42 Å². The monoisotopic (exact) mass is 261 g/mol. The molecule has 1 unspecified atom stereocenters. The highest BCUT2D eigenvalue weighted by molar-refractivity contribution is 9.09. The molecule has 0 spiro atoms. The molecule has 4 nitrogen and oxygen atoms in total. The second-order valence-electron chi connectivity index (χ2n) is 3.20. The Labute approximate surface area is 89.7 Å². The number of aromatic nitrogens is 1. The molecule has 0 N–H and O–H groups in total. The minimum Gasteiger partial charge on any atom is -0.372 e. The van der Waals surface area contributed by atoms with Crippen LogP contribution >= 0.6 is 15.9 Å². The zero-order valence-corrected chi connectivity index (χ0v) is 9.70. The topological polar surface area (TPSA) is 52.2 Å². The quantitative estimate of drug-likeness (QED) is 0.775. The van der Waals surface area contributed by atoms with Gasteiger partial charge in [0.05, 0.1) is 5.56 Å². The van der Waals surface area contributed by atoms with Gasteiger partial charge < -0.3 is 4.42 Å². The third kappa shape index (κ3) is 2.35. The third-order valence-electron chi connectivity index (χ3n) is 2.05. The highest BCUT2D eigenvalue weighted by Gasteiger charge is 2.09. The second-order valence-corrected chi connectivity index (χ2v) is 3.99. The molecule has 1 aromatic rings. The first kappa shape index (κ1) is 11.2. The summed E-state index contributed by atoms with van der Waals surface area (Å²) in [5.41, 5.74) is -0.108. The van der Waals surface area contributed by atoms with Crippen LogP contribution in [0.4, 0.5) is 0 Å². The van der Waals surface area contributed by atoms with Gasteiger partial charge in [-0.2, -0.15) is 0 Å². The molecular formula is C9H12BrNO3. The Hall–Kier alpha value is -0.840. The zero-order valence-electron chi connectivity index (χ0n) is 8.12. The molecule has 0 aliphatic carbocycles. The van der Waals surface area contributed by atoms with E-state index < -0.39 is 11.4 Å². The molecule has 0 fully saturated rings. The van der Waals surface area contributed by atoms with Crippen molar-refractivity contribution in [2.45, 2.75) is 26.3 Å². The van der Waals surface area contributed by atoms with Gasteiger partial charge >= 0.3 is 11.4 Å². The standard InChI is InChI=1S/C9H12BrNO3/c1-6-5-11(7(2)3-4-10)9(13)14-8(6)12/h5,7H,3-4H2,1-2H3. The fraction of sp³-hybridized carbons (Fsp3) is 0.556. The maximum Gasteiger partial charge on any atom is 0.422 e. The molecule has 1 atom stereocenters. The van der Waals surface area contributed by atoms with Gasteiger partial charge in [0.15, 0.2) is 0 Å². The maximum atomic E-state index is 11.3. The molecule has 5 heteroatoms. The Kier molecular flexibility index (Phi) is 3.69. The lowest BCUT2D eigenvalue weighted by Gasteiger charge is -2.12. The van der Waals surface area contributed by atoms with Crippen molar-refractivity contribution in [1.29, 1.82) is 0 Å². The van der Waals surface area contributed by atoms with Gasteiger partial charge in [-0.3, -0.25) is 4.57 Å². The summed E-state index contributed by atoms with van der Waals surface area (Å²) in [6.07, 6.45) is 2.36. The van der Waals surface area contributed by atoms with Crippen molar-refractivity contribution in [1.82, 2.24) is 4.57 Å². The van der Waals surface area contributed by atoms with Crippen LogP contribution in [0.2, 0.25) is 0 Å². The molecule has 0 radical (unpaired) electrons. The van der Waals surface area contributed by atoms with E-state index >= 15 is 0 Å². The van der Waals surface area contributed by atoms with Gasteiger partial charge in [0, 0.05) is 17.6 Å². The smallest absolute Gasteiger partial charge is 0.372 e. The van der Waals surface area contributed by atoms with E-state index in [1.165, 1.54) is 4.57 Å². The Morgan fingerprint density at radius 3 is 2.79 bits per heavy atom. The normalized spacial score (nSPS) is 12.8. The summed E-state index contributed by atoms with van der Waals surface area (Å²) >= 11 is 3.30. The van der Waals surface area contributed by atoms with E-state index in [-0.39, 0.29) is 6.04 Å². The van der Waals surface area contributed by atoms with Crippen molar-refractivity contribution in [2.24, 2.45) is 0 Å². The van der Waals surface area contributed by atoms with E-state index in [9.17, 15) is 9.59 Å². The lowest BCUT2D eigenvalue weighted by atomic mass is 10.2. The van der Waals surface area contributed by atoms with Crippen molar-refractivity contribution in [3.8, 4) is 0 Å². The Bertz CT molecular complexity index is 421. The molecular weight excluding hydrogens is 250 g/mol. The average molecular weight is 262 g/mol. The van der Waals surface area contributed by atoms with Gasteiger partial charge in [-0.1, -0.05) is 15.9 Å². The summed E-state index contributed by atoms with van der Waals surface area (Å²) in [6.45, 7) is 3.53. The summed E-state index contributed by atoms with van der Waals surface area (Å²) < 4.78 is 5.99. The molecule has 14 heavy (non-hydrogen) atoms. The van der Waals surface area contributed by atoms with Crippen LogP contribution in [-0.2, 0) is 0 Å². The third-order valence-corrected chi connectivity index (χ3v) is 2.51. The molecule has 0 amide bonds. The SMILES string of the molecule is Cc1cn(C(C)CCBr)c(=O)oc1=O. The van der Waals surface area contributed by atoms with Crippen LogP contribution in [0.25, 0.3) is 0 Å². The number of rotatable bonds is 3. The molecule has 1 rings (SSSR count). The van der Waals surface area contributed by atoms with Crippen LogP contribution in [-0.4, -0.2) is 9.90 Å². The number of halogens is 1. The maximum absolute atomic E-state index is 11.3. The molecule has 78 valence electrons. The van der Waals surface area contributed by atoms with Gasteiger partial charge in [0.2, 0.25) is 0 Å². The Morgan fingerprint density at radius 1 is 1.57 bits per heavy atom. The van der Waals surface area contributed by atoms with E-state index in [1.54, 1.807) is 13.1 Å². The van der Waals surface area contributed by atoms with Crippen LogP contribution in [0.1, 0.15) is 24.9 Å². The summed E-state index contributed by atoms with van der Waals surface area (Å²) in [5.74, 6) is -0.589. The average Bonchev–Trinajstić information content (AvgIpc) is 2.11. The second kappa shape index (κ2) is 4.59. The number of hydrogen-bond acceptors (Lipinski definition) is 3. The number of aryl methyl sites for hydroxylation is 1. The van der Waals surface area contributed by atoms with Crippen molar-refractivity contribution in [3.05, 3.63) is 32.7 Å². The van der Waals surface area contributed by atoms with E-state index in [2.05, 4.69) is 20.3 Å². The molecule has 1 aromatic heterocycles. The van der Waals surface area contributed by atoms with Gasteiger partial charge in [-0.25, -0.2) is 9.59 Å². The van der Waals surface area contributed by atoms with E-state index in [0.29, 0.717) is 5.56 Å². The van der Waals surface area contributed by atoms with E-state index in [4.69, 9.17) is 0 Å². The molecule has 0 aromatic carbocycles. The molecule has 0 bridgehead atoms.